The van der Waals surface area contributed by atoms with Crippen molar-refractivity contribution in [1.82, 2.24) is 5.32 Å². The summed E-state index contributed by atoms with van der Waals surface area (Å²) in [6, 6.07) is 15.1. The summed E-state index contributed by atoms with van der Waals surface area (Å²) < 4.78 is 22.5. The highest BCUT2D eigenvalue weighted by Gasteiger charge is 2.30. The minimum absolute atomic E-state index is 0.0732. The molecule has 1 amide bonds. The number of nitrogens with one attached hydrogen (secondary N) is 1. The van der Waals surface area contributed by atoms with Gasteiger partial charge in [-0.2, -0.15) is 0 Å². The molecule has 2 aromatic carbocycles. The van der Waals surface area contributed by atoms with Crippen LogP contribution in [-0.2, 0) is 30.2 Å². The summed E-state index contributed by atoms with van der Waals surface area (Å²) in [5.74, 6) is -2.98. The lowest BCUT2D eigenvalue weighted by Crippen LogP contribution is -2.45. The number of carbonyl (C=O) groups is 3. The second kappa shape index (κ2) is 12.6. The van der Waals surface area contributed by atoms with Crippen LogP contribution in [0.15, 0.2) is 54.6 Å². The Morgan fingerprint density at radius 2 is 1.59 bits per heavy atom. The van der Waals surface area contributed by atoms with Gasteiger partial charge in [0.05, 0.1) is 19.1 Å². The molecule has 1 unspecified atom stereocenters. The van der Waals surface area contributed by atoms with E-state index < -0.39 is 41.9 Å². The lowest BCUT2D eigenvalue weighted by atomic mass is 9.92. The zero-order chi connectivity index (χ0) is 27.0. The number of aliphatic carboxylic acids is 2. The molecule has 2 atom stereocenters. The summed E-state index contributed by atoms with van der Waals surface area (Å²) in [6.07, 6.45) is -1.88. The van der Waals surface area contributed by atoms with Crippen molar-refractivity contribution in [3.63, 3.8) is 0 Å². The standard InChI is InChI=1S/C27H33NO9/c1-27(2,3)37-26(33)28-22(24(31)32)14-19(23(29)30)13-17-9-11-20(12-10-17)36-21-15-34-25(35-16-21)18-7-5-4-6-8-18/h4-12,19,21-22,25H,13-16H2,1-3H3,(H,28,33)(H,29,30)(H,31,32)/t19?,21?,22-,25?/m0/s1. The van der Waals surface area contributed by atoms with Gasteiger partial charge in [0.2, 0.25) is 0 Å². The molecule has 3 N–H and O–H groups in total. The third-order valence-electron chi connectivity index (χ3n) is 5.51. The predicted octanol–water partition coefficient (Wildman–Crippen LogP) is 3.79. The molecule has 1 saturated heterocycles. The summed E-state index contributed by atoms with van der Waals surface area (Å²) in [6.45, 7) is 5.63. The lowest BCUT2D eigenvalue weighted by Gasteiger charge is -2.30. The Kier molecular flexibility index (Phi) is 9.48. The van der Waals surface area contributed by atoms with Gasteiger partial charge in [0.1, 0.15) is 23.5 Å². The highest BCUT2D eigenvalue weighted by Crippen LogP contribution is 2.25. The van der Waals surface area contributed by atoms with Gasteiger partial charge in [-0.1, -0.05) is 42.5 Å². The van der Waals surface area contributed by atoms with E-state index in [-0.39, 0.29) is 18.9 Å². The van der Waals surface area contributed by atoms with E-state index in [1.165, 1.54) is 0 Å². The summed E-state index contributed by atoms with van der Waals surface area (Å²) in [5, 5.41) is 21.4. The Morgan fingerprint density at radius 1 is 0.973 bits per heavy atom. The Morgan fingerprint density at radius 3 is 2.14 bits per heavy atom. The van der Waals surface area contributed by atoms with Crippen LogP contribution in [0.1, 0.15) is 44.6 Å². The number of alkyl carbamates (subject to hydrolysis) is 1. The van der Waals surface area contributed by atoms with E-state index in [0.717, 1.165) is 5.56 Å². The van der Waals surface area contributed by atoms with Gasteiger partial charge in [0.25, 0.3) is 0 Å². The molecule has 2 aromatic rings. The van der Waals surface area contributed by atoms with E-state index in [4.69, 9.17) is 18.9 Å². The summed E-state index contributed by atoms with van der Waals surface area (Å²) >= 11 is 0. The van der Waals surface area contributed by atoms with Gasteiger partial charge in [0, 0.05) is 5.56 Å². The fourth-order valence-electron chi connectivity index (χ4n) is 3.76. The molecule has 0 saturated carbocycles. The van der Waals surface area contributed by atoms with Crippen molar-refractivity contribution < 1.29 is 43.5 Å². The molecule has 10 nitrogen and oxygen atoms in total. The van der Waals surface area contributed by atoms with Crippen LogP contribution < -0.4 is 10.1 Å². The fourth-order valence-corrected chi connectivity index (χ4v) is 3.76. The highest BCUT2D eigenvalue weighted by molar-refractivity contribution is 5.81. The maximum Gasteiger partial charge on any atom is 0.408 e. The minimum atomic E-state index is -1.41. The van der Waals surface area contributed by atoms with Gasteiger partial charge in [0.15, 0.2) is 6.29 Å². The maximum absolute atomic E-state index is 12.0. The number of amides is 1. The van der Waals surface area contributed by atoms with Gasteiger partial charge >= 0.3 is 18.0 Å². The van der Waals surface area contributed by atoms with Crippen molar-refractivity contribution in [2.24, 2.45) is 5.92 Å². The molecule has 0 aliphatic carbocycles. The predicted molar refractivity (Wildman–Crippen MR) is 132 cm³/mol. The molecule has 1 fully saturated rings. The third kappa shape index (κ3) is 9.07. The van der Waals surface area contributed by atoms with Crippen LogP contribution in [0.3, 0.4) is 0 Å². The first-order valence-electron chi connectivity index (χ1n) is 12.0. The van der Waals surface area contributed by atoms with Gasteiger partial charge in [-0.05, 0) is 51.3 Å². The van der Waals surface area contributed by atoms with Gasteiger partial charge in [-0.3, -0.25) is 4.79 Å². The molecular weight excluding hydrogens is 482 g/mol. The van der Waals surface area contributed by atoms with Gasteiger partial charge < -0.3 is 34.5 Å². The Balaban J connectivity index is 1.53. The smallest absolute Gasteiger partial charge is 0.408 e. The average molecular weight is 516 g/mol. The molecule has 0 aromatic heterocycles. The first-order chi connectivity index (χ1) is 17.5. The topological polar surface area (TPSA) is 141 Å². The van der Waals surface area contributed by atoms with E-state index >= 15 is 0 Å². The Hall–Kier alpha value is -3.63. The summed E-state index contributed by atoms with van der Waals surface area (Å²) in [4.78, 5) is 35.5. The van der Waals surface area contributed by atoms with Crippen LogP contribution >= 0.6 is 0 Å². The van der Waals surface area contributed by atoms with E-state index in [9.17, 15) is 24.6 Å². The second-order valence-electron chi connectivity index (χ2n) is 9.81. The SMILES string of the molecule is CC(C)(C)OC(=O)N[C@@H](CC(Cc1ccc(OC2COC(c3ccccc3)OC2)cc1)C(=O)O)C(=O)O. The van der Waals surface area contributed by atoms with E-state index in [1.807, 2.05) is 30.3 Å². The minimum Gasteiger partial charge on any atom is -0.486 e. The molecule has 200 valence electrons. The first kappa shape index (κ1) is 27.9. The van der Waals surface area contributed by atoms with Crippen LogP contribution in [0.4, 0.5) is 4.79 Å². The maximum atomic E-state index is 12.0. The molecule has 1 aliphatic rings. The highest BCUT2D eigenvalue weighted by atomic mass is 16.7. The number of carbonyl (C=O) groups excluding carboxylic acids is 1. The van der Waals surface area contributed by atoms with Crippen molar-refractivity contribution in [2.75, 3.05) is 13.2 Å². The van der Waals surface area contributed by atoms with Crippen molar-refractivity contribution in [1.29, 1.82) is 0 Å². The van der Waals surface area contributed by atoms with Gasteiger partial charge in [-0.25, -0.2) is 9.59 Å². The van der Waals surface area contributed by atoms with Crippen LogP contribution in [0.25, 0.3) is 0 Å². The molecule has 0 bridgehead atoms. The zero-order valence-corrected chi connectivity index (χ0v) is 21.1. The van der Waals surface area contributed by atoms with Crippen molar-refractivity contribution in [3.8, 4) is 5.75 Å². The Labute approximate surface area is 215 Å². The van der Waals surface area contributed by atoms with Crippen LogP contribution in [0.2, 0.25) is 0 Å². The second-order valence-corrected chi connectivity index (χ2v) is 9.81. The Bertz CT molecular complexity index is 1040. The van der Waals surface area contributed by atoms with Crippen molar-refractivity contribution in [3.05, 3.63) is 65.7 Å². The van der Waals surface area contributed by atoms with Gasteiger partial charge in [-0.15, -0.1) is 0 Å². The largest absolute Gasteiger partial charge is 0.486 e. The molecule has 0 radical (unpaired) electrons. The molecule has 37 heavy (non-hydrogen) atoms. The molecule has 0 spiro atoms. The van der Waals surface area contributed by atoms with E-state index in [2.05, 4.69) is 5.32 Å². The molecule has 3 rings (SSSR count). The number of carboxylic acid groups (broad SMARTS) is 2. The lowest BCUT2D eigenvalue weighted by molar-refractivity contribution is -0.215. The zero-order valence-electron chi connectivity index (χ0n) is 21.1. The quantitative estimate of drug-likeness (QED) is 0.431. The molecule has 1 aliphatic heterocycles. The van der Waals surface area contributed by atoms with Crippen LogP contribution in [0, 0.1) is 5.92 Å². The number of ether oxygens (including phenoxy) is 4. The third-order valence-corrected chi connectivity index (χ3v) is 5.51. The number of hydrogen-bond acceptors (Lipinski definition) is 7. The van der Waals surface area contributed by atoms with Crippen LogP contribution in [-0.4, -0.2) is 59.2 Å². The fraction of sp³-hybridized carbons (Fsp3) is 0.444. The van der Waals surface area contributed by atoms with E-state index in [1.54, 1.807) is 45.0 Å². The monoisotopic (exact) mass is 515 g/mol. The first-order valence-corrected chi connectivity index (χ1v) is 12.0. The summed E-state index contributed by atoms with van der Waals surface area (Å²) in [7, 11) is 0. The van der Waals surface area contributed by atoms with Crippen molar-refractivity contribution in [2.45, 2.75) is 57.6 Å². The number of benzene rings is 2. The molecular formula is C27H33NO9. The molecule has 10 heteroatoms. The normalized spacial score (nSPS) is 19.3. The van der Waals surface area contributed by atoms with Crippen molar-refractivity contribution >= 4 is 18.0 Å². The number of hydrogen-bond donors (Lipinski definition) is 3. The molecule has 1 heterocycles. The van der Waals surface area contributed by atoms with E-state index in [0.29, 0.717) is 24.5 Å². The number of carboxylic acids is 2. The summed E-state index contributed by atoms with van der Waals surface area (Å²) in [5.41, 5.74) is 0.800. The number of rotatable bonds is 10. The van der Waals surface area contributed by atoms with Crippen LogP contribution in [0.5, 0.6) is 5.75 Å². The average Bonchev–Trinajstić information content (AvgIpc) is 2.84.